The molecular formula is C32H37ClN2O2S. The smallest absolute Gasteiger partial charge is 0.243 e. The molecule has 1 atom stereocenters. The first-order chi connectivity index (χ1) is 18.5. The molecule has 38 heavy (non-hydrogen) atoms. The predicted octanol–water partition coefficient (Wildman–Crippen LogP) is 6.97. The lowest BCUT2D eigenvalue weighted by atomic mass is 9.94. The van der Waals surface area contributed by atoms with Crippen molar-refractivity contribution in [1.29, 1.82) is 0 Å². The minimum absolute atomic E-state index is 0.0294. The summed E-state index contributed by atoms with van der Waals surface area (Å²) in [5.41, 5.74) is 4.29. The van der Waals surface area contributed by atoms with Crippen LogP contribution in [0.4, 0.5) is 0 Å². The van der Waals surface area contributed by atoms with Gasteiger partial charge < -0.3 is 10.2 Å². The van der Waals surface area contributed by atoms with Crippen molar-refractivity contribution in [1.82, 2.24) is 10.2 Å². The van der Waals surface area contributed by atoms with Crippen LogP contribution in [0.25, 0.3) is 0 Å². The molecule has 4 rings (SSSR count). The first-order valence-electron chi connectivity index (χ1n) is 13.5. The minimum Gasteiger partial charge on any atom is -0.352 e. The highest BCUT2D eigenvalue weighted by molar-refractivity contribution is 7.99. The molecule has 3 aromatic rings. The fourth-order valence-corrected chi connectivity index (χ4v) is 6.14. The molecule has 0 radical (unpaired) electrons. The molecule has 0 saturated heterocycles. The standard InChI is InChI=1S/C32H37ClN2O2S/c1-24-10-8-13-26(18-24)21-35(31(36)23-38-22-27-14-9-15-28(33)19-27)30(20-25-11-4-2-5-12-25)32(37)34-29-16-6-3-7-17-29/h2,4-5,8-15,18-19,29-30H,3,6-7,16-17,20-23H2,1H3,(H,34,37)/t30-/m1/s1. The summed E-state index contributed by atoms with van der Waals surface area (Å²) >= 11 is 7.70. The molecule has 0 heterocycles. The van der Waals surface area contributed by atoms with Gasteiger partial charge in [0.25, 0.3) is 0 Å². The van der Waals surface area contributed by atoms with Crippen LogP contribution in [-0.4, -0.2) is 34.6 Å². The van der Waals surface area contributed by atoms with Gasteiger partial charge in [0.15, 0.2) is 0 Å². The van der Waals surface area contributed by atoms with Crippen LogP contribution in [0.3, 0.4) is 0 Å². The number of rotatable bonds is 11. The van der Waals surface area contributed by atoms with Gasteiger partial charge >= 0.3 is 0 Å². The van der Waals surface area contributed by atoms with E-state index in [2.05, 4.69) is 11.4 Å². The predicted molar refractivity (Wildman–Crippen MR) is 158 cm³/mol. The van der Waals surface area contributed by atoms with Crippen LogP contribution in [0, 0.1) is 6.92 Å². The number of hydrogen-bond donors (Lipinski definition) is 1. The molecule has 0 aliphatic heterocycles. The molecule has 0 spiro atoms. The first-order valence-corrected chi connectivity index (χ1v) is 15.0. The number of amides is 2. The summed E-state index contributed by atoms with van der Waals surface area (Å²) in [5, 5.41) is 4.00. The van der Waals surface area contributed by atoms with Crippen LogP contribution in [0.15, 0.2) is 78.9 Å². The van der Waals surface area contributed by atoms with Crippen molar-refractivity contribution in [3.05, 3.63) is 106 Å². The lowest BCUT2D eigenvalue weighted by molar-refractivity contribution is -0.139. The zero-order chi connectivity index (χ0) is 26.7. The van der Waals surface area contributed by atoms with E-state index in [1.165, 1.54) is 6.42 Å². The molecule has 0 bridgehead atoms. The number of carbonyl (C=O) groups excluding carboxylic acids is 2. The van der Waals surface area contributed by atoms with Crippen molar-refractivity contribution in [2.24, 2.45) is 0 Å². The van der Waals surface area contributed by atoms with E-state index in [1.807, 2.05) is 79.7 Å². The molecular weight excluding hydrogens is 512 g/mol. The van der Waals surface area contributed by atoms with Gasteiger partial charge in [-0.3, -0.25) is 9.59 Å². The largest absolute Gasteiger partial charge is 0.352 e. The van der Waals surface area contributed by atoms with E-state index in [9.17, 15) is 9.59 Å². The van der Waals surface area contributed by atoms with Gasteiger partial charge in [0, 0.05) is 29.8 Å². The summed E-state index contributed by atoms with van der Waals surface area (Å²) in [6.45, 7) is 2.45. The number of nitrogens with zero attached hydrogens (tertiary/aromatic N) is 1. The molecule has 1 N–H and O–H groups in total. The monoisotopic (exact) mass is 548 g/mol. The van der Waals surface area contributed by atoms with E-state index in [0.717, 1.165) is 47.9 Å². The molecule has 3 aromatic carbocycles. The van der Waals surface area contributed by atoms with Crippen molar-refractivity contribution >= 4 is 35.2 Å². The van der Waals surface area contributed by atoms with Crippen LogP contribution < -0.4 is 5.32 Å². The Labute approximate surface area is 236 Å². The Kier molecular flexibility index (Phi) is 10.7. The molecule has 1 saturated carbocycles. The lowest BCUT2D eigenvalue weighted by Gasteiger charge is -2.33. The SMILES string of the molecule is Cc1cccc(CN(C(=O)CSCc2cccc(Cl)c2)[C@H](Cc2ccccc2)C(=O)NC2CCCCC2)c1. The Morgan fingerprint density at radius 2 is 1.63 bits per heavy atom. The second-order valence-electron chi connectivity index (χ2n) is 10.2. The van der Waals surface area contributed by atoms with E-state index < -0.39 is 6.04 Å². The van der Waals surface area contributed by atoms with Crippen LogP contribution in [0.5, 0.6) is 0 Å². The average Bonchev–Trinajstić information content (AvgIpc) is 2.92. The van der Waals surface area contributed by atoms with Gasteiger partial charge in [-0.05, 0) is 48.6 Å². The summed E-state index contributed by atoms with van der Waals surface area (Å²) in [6.07, 6.45) is 5.99. The lowest BCUT2D eigenvalue weighted by Crippen LogP contribution is -2.53. The highest BCUT2D eigenvalue weighted by atomic mass is 35.5. The highest BCUT2D eigenvalue weighted by Crippen LogP contribution is 2.22. The number of nitrogens with one attached hydrogen (secondary N) is 1. The maximum atomic E-state index is 13.8. The molecule has 0 unspecified atom stereocenters. The Balaban J connectivity index is 1.56. The first kappa shape index (κ1) is 28.3. The molecule has 2 amide bonds. The molecule has 0 aromatic heterocycles. The Bertz CT molecular complexity index is 1200. The van der Waals surface area contributed by atoms with Gasteiger partial charge in [-0.2, -0.15) is 0 Å². The van der Waals surface area contributed by atoms with E-state index in [1.54, 1.807) is 16.7 Å². The molecule has 1 fully saturated rings. The van der Waals surface area contributed by atoms with E-state index in [-0.39, 0.29) is 17.9 Å². The number of halogens is 1. The Hall–Kier alpha value is -2.76. The third-order valence-corrected chi connectivity index (χ3v) is 8.26. The molecule has 6 heteroatoms. The fourth-order valence-electron chi connectivity index (χ4n) is 5.07. The second kappa shape index (κ2) is 14.4. The van der Waals surface area contributed by atoms with Crippen molar-refractivity contribution in [3.63, 3.8) is 0 Å². The third kappa shape index (κ3) is 8.64. The van der Waals surface area contributed by atoms with Gasteiger partial charge in [0.2, 0.25) is 11.8 Å². The molecule has 4 nitrogen and oxygen atoms in total. The summed E-state index contributed by atoms with van der Waals surface area (Å²) < 4.78 is 0. The topological polar surface area (TPSA) is 49.4 Å². The summed E-state index contributed by atoms with van der Waals surface area (Å²) in [5.74, 6) is 0.891. The summed E-state index contributed by atoms with van der Waals surface area (Å²) in [7, 11) is 0. The minimum atomic E-state index is -0.584. The van der Waals surface area contributed by atoms with Gasteiger partial charge in [-0.15, -0.1) is 11.8 Å². The molecule has 1 aliphatic rings. The quantitative estimate of drug-likeness (QED) is 0.281. The third-order valence-electron chi connectivity index (χ3n) is 7.04. The fraction of sp³-hybridized carbons (Fsp3) is 0.375. The summed E-state index contributed by atoms with van der Waals surface area (Å²) in [4.78, 5) is 29.4. The Morgan fingerprint density at radius 1 is 0.921 bits per heavy atom. The maximum Gasteiger partial charge on any atom is 0.243 e. The maximum absolute atomic E-state index is 13.8. The number of carbonyl (C=O) groups is 2. The zero-order valence-electron chi connectivity index (χ0n) is 22.1. The van der Waals surface area contributed by atoms with Gasteiger partial charge in [-0.1, -0.05) is 103 Å². The number of benzene rings is 3. The van der Waals surface area contributed by atoms with Gasteiger partial charge in [0.05, 0.1) is 5.75 Å². The highest BCUT2D eigenvalue weighted by Gasteiger charge is 2.31. The summed E-state index contributed by atoms with van der Waals surface area (Å²) in [6, 6.07) is 25.5. The van der Waals surface area contributed by atoms with Crippen LogP contribution in [0.1, 0.15) is 54.4 Å². The van der Waals surface area contributed by atoms with Crippen molar-refractivity contribution in [2.75, 3.05) is 5.75 Å². The second-order valence-corrected chi connectivity index (χ2v) is 11.6. The molecule has 1 aliphatic carbocycles. The van der Waals surface area contributed by atoms with Crippen molar-refractivity contribution < 1.29 is 9.59 Å². The number of thioether (sulfide) groups is 1. The van der Waals surface area contributed by atoms with Crippen LogP contribution in [0.2, 0.25) is 5.02 Å². The van der Waals surface area contributed by atoms with Crippen LogP contribution >= 0.6 is 23.4 Å². The molecule has 200 valence electrons. The van der Waals surface area contributed by atoms with Crippen LogP contribution in [-0.2, 0) is 28.3 Å². The van der Waals surface area contributed by atoms with Crippen molar-refractivity contribution in [2.45, 2.75) is 69.8 Å². The Morgan fingerprint density at radius 3 is 2.37 bits per heavy atom. The number of hydrogen-bond acceptors (Lipinski definition) is 3. The van der Waals surface area contributed by atoms with Crippen molar-refractivity contribution in [3.8, 4) is 0 Å². The van der Waals surface area contributed by atoms with Gasteiger partial charge in [0.1, 0.15) is 6.04 Å². The zero-order valence-corrected chi connectivity index (χ0v) is 23.6. The van der Waals surface area contributed by atoms with Gasteiger partial charge in [-0.25, -0.2) is 0 Å². The number of aryl methyl sites for hydroxylation is 1. The normalized spacial score (nSPS) is 14.6. The van der Waals surface area contributed by atoms with E-state index in [4.69, 9.17) is 11.6 Å². The van der Waals surface area contributed by atoms with E-state index >= 15 is 0 Å². The van der Waals surface area contributed by atoms with E-state index in [0.29, 0.717) is 29.5 Å². The average molecular weight is 549 g/mol.